The van der Waals surface area contributed by atoms with Gasteiger partial charge in [0.15, 0.2) is 12.2 Å². The molecule has 1 aliphatic heterocycles. The van der Waals surface area contributed by atoms with Gasteiger partial charge in [-0.05, 0) is 7.05 Å². The molecule has 5 atom stereocenters. The first-order chi connectivity index (χ1) is 11.6. The largest absolute Gasteiger partial charge is 0.463 e. The first-order valence-corrected chi connectivity index (χ1v) is 7.63. The normalized spacial score (nSPS) is 28.6. The monoisotopic (exact) mass is 361 g/mol. The average molecular weight is 361 g/mol. The van der Waals surface area contributed by atoms with Crippen LogP contribution in [0.5, 0.6) is 0 Å². The number of esters is 4. The quantitative estimate of drug-likeness (QED) is 0.479. The number of carbonyl (C=O) groups excluding carboxylic acids is 4. The van der Waals surface area contributed by atoms with Gasteiger partial charge in [-0.2, -0.15) is 0 Å². The maximum atomic E-state index is 11.5. The average Bonchev–Trinajstić information content (AvgIpc) is 2.46. The van der Waals surface area contributed by atoms with Gasteiger partial charge in [0.25, 0.3) is 0 Å². The summed E-state index contributed by atoms with van der Waals surface area (Å²) in [5.41, 5.74) is 0. The van der Waals surface area contributed by atoms with Gasteiger partial charge in [0.05, 0.1) is 0 Å². The van der Waals surface area contributed by atoms with Crippen LogP contribution in [0.25, 0.3) is 0 Å². The van der Waals surface area contributed by atoms with Crippen molar-refractivity contribution >= 4 is 23.9 Å². The Balaban J connectivity index is 3.16. The van der Waals surface area contributed by atoms with E-state index in [1.807, 2.05) is 0 Å². The van der Waals surface area contributed by atoms with Crippen molar-refractivity contribution in [1.82, 2.24) is 5.32 Å². The smallest absolute Gasteiger partial charge is 0.304 e. The molecule has 10 heteroatoms. The number of hydrogen-bond donors (Lipinski definition) is 1. The van der Waals surface area contributed by atoms with E-state index in [0.717, 1.165) is 0 Å². The van der Waals surface area contributed by atoms with Crippen molar-refractivity contribution in [1.29, 1.82) is 0 Å². The Bertz CT molecular complexity index is 521. The molecule has 1 saturated heterocycles. The lowest BCUT2D eigenvalue weighted by Crippen LogP contribution is -2.65. The number of nitrogens with one attached hydrogen (secondary N) is 1. The molecule has 3 unspecified atom stereocenters. The zero-order valence-electron chi connectivity index (χ0n) is 14.8. The Kier molecular flexibility index (Phi) is 7.78. The van der Waals surface area contributed by atoms with E-state index in [4.69, 9.17) is 23.7 Å². The summed E-state index contributed by atoms with van der Waals surface area (Å²) in [7, 11) is 1.54. The SMILES string of the molecule is CNC1[C@H](OC(C)=O)OC(COC(C)=O)C(OC(C)=O)[C@@H]1OC(C)=O. The fourth-order valence-electron chi connectivity index (χ4n) is 2.47. The van der Waals surface area contributed by atoms with Crippen LogP contribution in [0.1, 0.15) is 27.7 Å². The van der Waals surface area contributed by atoms with E-state index in [2.05, 4.69) is 5.32 Å². The molecule has 25 heavy (non-hydrogen) atoms. The third kappa shape index (κ3) is 6.31. The van der Waals surface area contributed by atoms with Crippen LogP contribution >= 0.6 is 0 Å². The highest BCUT2D eigenvalue weighted by Gasteiger charge is 2.51. The second-order valence-corrected chi connectivity index (χ2v) is 5.42. The van der Waals surface area contributed by atoms with E-state index >= 15 is 0 Å². The highest BCUT2D eigenvalue weighted by molar-refractivity contribution is 5.68. The zero-order chi connectivity index (χ0) is 19.1. The van der Waals surface area contributed by atoms with Crippen molar-refractivity contribution in [3.05, 3.63) is 0 Å². The van der Waals surface area contributed by atoms with Crippen LogP contribution in [-0.2, 0) is 42.9 Å². The van der Waals surface area contributed by atoms with E-state index in [0.29, 0.717) is 0 Å². The standard InChI is InChI=1S/C15H23NO9/c1-7(17)21-6-11-13(22-8(2)18)14(23-9(3)19)12(16-5)15(25-11)24-10(4)20/h11-16H,6H2,1-5H3/t11?,12?,13?,14-,15-/m1/s1. The molecule has 0 aromatic carbocycles. The summed E-state index contributed by atoms with van der Waals surface area (Å²) in [4.78, 5) is 45.3. The number of rotatable bonds is 6. The van der Waals surface area contributed by atoms with Crippen LogP contribution < -0.4 is 5.32 Å². The minimum Gasteiger partial charge on any atom is -0.463 e. The molecule has 1 rings (SSSR count). The van der Waals surface area contributed by atoms with Gasteiger partial charge in [0.2, 0.25) is 6.29 Å². The molecular formula is C15H23NO9. The summed E-state index contributed by atoms with van der Waals surface area (Å²) in [6.45, 7) is 4.48. The van der Waals surface area contributed by atoms with E-state index in [1.54, 1.807) is 0 Å². The van der Waals surface area contributed by atoms with Crippen LogP contribution in [-0.4, -0.2) is 68.2 Å². The second kappa shape index (κ2) is 9.33. The van der Waals surface area contributed by atoms with Crippen LogP contribution in [0.15, 0.2) is 0 Å². The summed E-state index contributed by atoms with van der Waals surface area (Å²) in [6.07, 6.45) is -4.22. The van der Waals surface area contributed by atoms with Gasteiger partial charge in [0, 0.05) is 27.7 Å². The van der Waals surface area contributed by atoms with Crippen LogP contribution in [0.2, 0.25) is 0 Å². The van der Waals surface area contributed by atoms with E-state index in [-0.39, 0.29) is 6.61 Å². The molecule has 0 spiro atoms. The summed E-state index contributed by atoms with van der Waals surface area (Å²) < 4.78 is 26.1. The van der Waals surface area contributed by atoms with Crippen LogP contribution in [0.4, 0.5) is 0 Å². The summed E-state index contributed by atoms with van der Waals surface area (Å²) in [5, 5.41) is 2.82. The first-order valence-electron chi connectivity index (χ1n) is 7.63. The Morgan fingerprint density at radius 3 is 1.80 bits per heavy atom. The number of hydrogen-bond acceptors (Lipinski definition) is 10. The Hall–Kier alpha value is -2.20. The number of ether oxygens (including phenoxy) is 5. The molecule has 0 amide bonds. The van der Waals surface area contributed by atoms with Crippen molar-refractivity contribution < 1.29 is 42.9 Å². The van der Waals surface area contributed by atoms with Gasteiger partial charge in [-0.3, -0.25) is 19.2 Å². The molecule has 1 aliphatic rings. The maximum Gasteiger partial charge on any atom is 0.304 e. The van der Waals surface area contributed by atoms with E-state index in [1.165, 1.54) is 34.7 Å². The summed E-state index contributed by atoms with van der Waals surface area (Å²) in [6, 6.07) is -0.800. The fraction of sp³-hybridized carbons (Fsp3) is 0.733. The molecule has 0 aliphatic carbocycles. The molecular weight excluding hydrogens is 338 g/mol. The predicted molar refractivity (Wildman–Crippen MR) is 81.0 cm³/mol. The van der Waals surface area contributed by atoms with Gasteiger partial charge in [-0.1, -0.05) is 0 Å². The third-order valence-corrected chi connectivity index (χ3v) is 3.32. The molecule has 10 nitrogen and oxygen atoms in total. The molecule has 0 aromatic heterocycles. The summed E-state index contributed by atoms with van der Waals surface area (Å²) in [5.74, 6) is -2.46. The van der Waals surface area contributed by atoms with Gasteiger partial charge < -0.3 is 29.0 Å². The first kappa shape index (κ1) is 20.8. The van der Waals surface area contributed by atoms with Gasteiger partial charge in [0.1, 0.15) is 18.8 Å². The number of carbonyl (C=O) groups is 4. The van der Waals surface area contributed by atoms with Gasteiger partial charge >= 0.3 is 23.9 Å². The van der Waals surface area contributed by atoms with Crippen LogP contribution in [0, 0.1) is 0 Å². The van der Waals surface area contributed by atoms with Crippen molar-refractivity contribution in [2.75, 3.05) is 13.7 Å². The molecule has 0 radical (unpaired) electrons. The van der Waals surface area contributed by atoms with Crippen molar-refractivity contribution in [2.45, 2.75) is 58.3 Å². The fourth-order valence-corrected chi connectivity index (χ4v) is 2.47. The molecule has 1 fully saturated rings. The van der Waals surface area contributed by atoms with Gasteiger partial charge in [-0.15, -0.1) is 0 Å². The van der Waals surface area contributed by atoms with Crippen LogP contribution in [0.3, 0.4) is 0 Å². The predicted octanol–water partition coefficient (Wildman–Crippen LogP) is -0.711. The molecule has 0 bridgehead atoms. The molecule has 0 saturated carbocycles. The zero-order valence-corrected chi connectivity index (χ0v) is 14.8. The summed E-state index contributed by atoms with van der Waals surface area (Å²) >= 11 is 0. The Morgan fingerprint density at radius 1 is 0.840 bits per heavy atom. The van der Waals surface area contributed by atoms with E-state index < -0.39 is 54.5 Å². The van der Waals surface area contributed by atoms with Crippen molar-refractivity contribution in [3.8, 4) is 0 Å². The van der Waals surface area contributed by atoms with Crippen molar-refractivity contribution in [2.24, 2.45) is 0 Å². The lowest BCUT2D eigenvalue weighted by atomic mass is 9.96. The van der Waals surface area contributed by atoms with Crippen molar-refractivity contribution in [3.63, 3.8) is 0 Å². The number of likely N-dealkylation sites (N-methyl/N-ethyl adjacent to an activating group) is 1. The molecule has 1 N–H and O–H groups in total. The second-order valence-electron chi connectivity index (χ2n) is 5.42. The highest BCUT2D eigenvalue weighted by Crippen LogP contribution is 2.27. The third-order valence-electron chi connectivity index (χ3n) is 3.32. The Morgan fingerprint density at radius 2 is 1.36 bits per heavy atom. The molecule has 142 valence electrons. The lowest BCUT2D eigenvalue weighted by molar-refractivity contribution is -0.270. The highest BCUT2D eigenvalue weighted by atomic mass is 16.7. The Labute approximate surface area is 145 Å². The molecule has 0 aromatic rings. The minimum atomic E-state index is -1.14. The lowest BCUT2D eigenvalue weighted by Gasteiger charge is -2.44. The van der Waals surface area contributed by atoms with E-state index in [9.17, 15) is 19.2 Å². The molecule has 1 heterocycles. The minimum absolute atomic E-state index is 0.279. The topological polar surface area (TPSA) is 126 Å². The maximum absolute atomic E-state index is 11.5. The van der Waals surface area contributed by atoms with Gasteiger partial charge in [-0.25, -0.2) is 0 Å².